The Bertz CT molecular complexity index is 1200. The monoisotopic (exact) mass is 582 g/mol. The molecule has 0 bridgehead atoms. The summed E-state index contributed by atoms with van der Waals surface area (Å²) in [6.45, 7) is 3.17. The van der Waals surface area contributed by atoms with Crippen LogP contribution in [0.3, 0.4) is 0 Å². The molecule has 2 atom stereocenters. The topological polar surface area (TPSA) is 88.9 Å². The molecule has 3 rings (SSSR count). The second-order valence-corrected chi connectivity index (χ2v) is 9.07. The molecule has 1 aliphatic heterocycles. The fourth-order valence-electron chi connectivity index (χ4n) is 4.22. The van der Waals surface area contributed by atoms with Gasteiger partial charge in [-0.05, 0) is 49.7 Å². The van der Waals surface area contributed by atoms with Crippen LogP contribution in [0.25, 0.3) is 0 Å². The van der Waals surface area contributed by atoms with Gasteiger partial charge in [0.1, 0.15) is 18.4 Å². The van der Waals surface area contributed by atoms with Gasteiger partial charge in [-0.15, -0.1) is 0 Å². The number of hydrogen-bond donors (Lipinski definition) is 1. The highest BCUT2D eigenvalue weighted by Gasteiger charge is 2.47. The molecule has 0 amide bonds. The number of benzene rings is 2. The van der Waals surface area contributed by atoms with Gasteiger partial charge < -0.3 is 19.1 Å². The molecule has 0 saturated heterocycles. The first-order chi connectivity index (χ1) is 17.5. The number of hydrogen-bond acceptors (Lipinski definition) is 6. The zero-order chi connectivity index (χ0) is 27.3. The lowest BCUT2D eigenvalue weighted by atomic mass is 9.75. The lowest BCUT2D eigenvalue weighted by molar-refractivity contribution is -0.148. The van der Waals surface area contributed by atoms with Gasteiger partial charge in [0.05, 0.1) is 24.4 Å². The van der Waals surface area contributed by atoms with Crippen LogP contribution in [0.2, 0.25) is 0 Å². The molecule has 2 unspecified atom stereocenters. The van der Waals surface area contributed by atoms with E-state index in [1.54, 1.807) is 31.2 Å². The molecule has 7 nitrogen and oxygen atoms in total. The number of rotatable bonds is 8. The molecule has 1 heterocycles. The van der Waals surface area contributed by atoms with Gasteiger partial charge in [-0.25, -0.2) is 4.79 Å². The molecule has 37 heavy (non-hydrogen) atoms. The van der Waals surface area contributed by atoms with Gasteiger partial charge in [0.2, 0.25) is 0 Å². The zero-order valence-electron chi connectivity index (χ0n) is 20.4. The van der Waals surface area contributed by atoms with Crippen molar-refractivity contribution in [2.75, 3.05) is 31.8 Å². The predicted octanol–water partition coefficient (Wildman–Crippen LogP) is 5.69. The van der Waals surface area contributed by atoms with Crippen molar-refractivity contribution in [3.8, 4) is 0 Å². The van der Waals surface area contributed by atoms with Crippen LogP contribution in [0.15, 0.2) is 64.3 Å². The average molecular weight is 583 g/mol. The van der Waals surface area contributed by atoms with Crippen molar-refractivity contribution in [3.63, 3.8) is 0 Å². The third-order valence-corrected chi connectivity index (χ3v) is 6.38. The van der Waals surface area contributed by atoms with E-state index in [-0.39, 0.29) is 42.6 Å². The second-order valence-electron chi connectivity index (χ2n) is 8.16. The van der Waals surface area contributed by atoms with Crippen LogP contribution in [0.4, 0.5) is 18.9 Å². The highest BCUT2D eigenvalue weighted by atomic mass is 79.9. The maximum Gasteiger partial charge on any atom is 0.416 e. The first kappa shape index (κ1) is 28.4. The number of nitrogens with zero attached hydrogens (tertiary/aromatic N) is 1. The van der Waals surface area contributed by atoms with Gasteiger partial charge in [0.25, 0.3) is 0 Å². The minimum Gasteiger partial charge on any atom is -0.463 e. The number of amidine groups is 1. The van der Waals surface area contributed by atoms with Crippen LogP contribution in [-0.2, 0) is 30.0 Å². The molecular formula is C26H26BrF3N2O5. The molecule has 2 aromatic rings. The summed E-state index contributed by atoms with van der Waals surface area (Å²) in [7, 11) is 1.43. The van der Waals surface area contributed by atoms with E-state index >= 15 is 0 Å². The largest absolute Gasteiger partial charge is 0.463 e. The van der Waals surface area contributed by atoms with Crippen LogP contribution in [0.5, 0.6) is 0 Å². The molecule has 0 saturated carbocycles. The molecule has 0 aliphatic carbocycles. The first-order valence-corrected chi connectivity index (χ1v) is 12.1. The number of anilines is 1. The van der Waals surface area contributed by atoms with Gasteiger partial charge in [-0.2, -0.15) is 13.2 Å². The third kappa shape index (κ3) is 6.22. The lowest BCUT2D eigenvalue weighted by Crippen LogP contribution is -2.48. The molecule has 2 aromatic carbocycles. The standard InChI is InChI=1S/C26H26BrF3N2O5/c1-4-36-24(33)20-15(2)32(19-7-5-6-17(14-19)26(28,29)30)23(31)22(25(34)37-13-12-35-3)21(20)16-8-10-18(27)11-9-16/h5-11,14,21-22,31H,4,12-13H2,1-3H3. The highest BCUT2D eigenvalue weighted by Crippen LogP contribution is 2.44. The molecule has 1 N–H and O–H groups in total. The number of carbonyl (C=O) groups is 2. The summed E-state index contributed by atoms with van der Waals surface area (Å²) in [6, 6.07) is 11.2. The normalized spacial score (nSPS) is 18.1. The van der Waals surface area contributed by atoms with Crippen LogP contribution >= 0.6 is 15.9 Å². The van der Waals surface area contributed by atoms with Crippen molar-refractivity contribution < 1.29 is 37.0 Å². The van der Waals surface area contributed by atoms with Crippen LogP contribution in [0, 0.1) is 11.3 Å². The Kier molecular flexibility index (Phi) is 9.14. The summed E-state index contributed by atoms with van der Waals surface area (Å²) in [5.74, 6) is -4.22. The van der Waals surface area contributed by atoms with E-state index in [0.29, 0.717) is 5.56 Å². The fourth-order valence-corrected chi connectivity index (χ4v) is 4.48. The van der Waals surface area contributed by atoms with Crippen molar-refractivity contribution in [2.24, 2.45) is 5.92 Å². The number of nitrogens with one attached hydrogen (secondary N) is 1. The van der Waals surface area contributed by atoms with Crippen LogP contribution in [0.1, 0.15) is 30.9 Å². The maximum atomic E-state index is 13.5. The summed E-state index contributed by atoms with van der Waals surface area (Å²) in [5.41, 5.74) is -0.198. The summed E-state index contributed by atoms with van der Waals surface area (Å²) >= 11 is 3.36. The SMILES string of the molecule is CCOC(=O)C1=C(C)N(c2cccc(C(F)(F)F)c2)C(=N)C(C(=O)OCCOC)C1c1ccc(Br)cc1. The molecule has 0 aromatic heterocycles. The Morgan fingerprint density at radius 3 is 2.35 bits per heavy atom. The molecule has 198 valence electrons. The van der Waals surface area contributed by atoms with E-state index in [1.807, 2.05) is 0 Å². The minimum atomic E-state index is -4.63. The van der Waals surface area contributed by atoms with Crippen LogP contribution in [-0.4, -0.2) is 44.7 Å². The van der Waals surface area contributed by atoms with Crippen LogP contribution < -0.4 is 4.90 Å². The van der Waals surface area contributed by atoms with Crippen molar-refractivity contribution >= 4 is 39.4 Å². The van der Waals surface area contributed by atoms with Crippen molar-refractivity contribution in [2.45, 2.75) is 25.9 Å². The number of esters is 2. The Balaban J connectivity index is 2.26. The van der Waals surface area contributed by atoms with E-state index in [4.69, 9.17) is 19.6 Å². The molecular weight excluding hydrogens is 557 g/mol. The number of carbonyl (C=O) groups excluding carboxylic acids is 2. The Hall–Kier alpha value is -3.18. The number of alkyl halides is 3. The quantitative estimate of drug-likeness (QED) is 0.317. The second kappa shape index (κ2) is 11.9. The van der Waals surface area contributed by atoms with Crippen molar-refractivity contribution in [1.29, 1.82) is 5.41 Å². The smallest absolute Gasteiger partial charge is 0.416 e. The molecule has 0 radical (unpaired) electrons. The molecule has 11 heteroatoms. The fraction of sp³-hybridized carbons (Fsp3) is 0.346. The average Bonchev–Trinajstić information content (AvgIpc) is 2.84. The van der Waals surface area contributed by atoms with Gasteiger partial charge in [-0.3, -0.25) is 10.2 Å². The summed E-state index contributed by atoms with van der Waals surface area (Å²) in [4.78, 5) is 27.8. The zero-order valence-corrected chi connectivity index (χ0v) is 22.0. The summed E-state index contributed by atoms with van der Waals surface area (Å²) < 4.78 is 56.8. The first-order valence-electron chi connectivity index (χ1n) is 11.4. The van der Waals surface area contributed by atoms with Crippen molar-refractivity contribution in [1.82, 2.24) is 0 Å². The van der Waals surface area contributed by atoms with E-state index in [0.717, 1.165) is 16.6 Å². The highest BCUT2D eigenvalue weighted by molar-refractivity contribution is 9.10. The number of methoxy groups -OCH3 is 1. The summed E-state index contributed by atoms with van der Waals surface area (Å²) in [6.07, 6.45) is -4.63. The van der Waals surface area contributed by atoms with E-state index in [2.05, 4.69) is 15.9 Å². The van der Waals surface area contributed by atoms with E-state index < -0.39 is 35.5 Å². The van der Waals surface area contributed by atoms with Crippen molar-refractivity contribution in [3.05, 3.63) is 75.4 Å². The molecule has 0 fully saturated rings. The Labute approximate surface area is 220 Å². The Morgan fingerprint density at radius 2 is 1.76 bits per heavy atom. The number of halogens is 4. The minimum absolute atomic E-state index is 0.0249. The van der Waals surface area contributed by atoms with Gasteiger partial charge >= 0.3 is 18.1 Å². The molecule has 1 aliphatic rings. The third-order valence-electron chi connectivity index (χ3n) is 5.85. The number of ether oxygens (including phenoxy) is 3. The lowest BCUT2D eigenvalue weighted by Gasteiger charge is -2.40. The summed E-state index contributed by atoms with van der Waals surface area (Å²) in [5, 5.41) is 8.98. The maximum absolute atomic E-state index is 13.5. The van der Waals surface area contributed by atoms with Gasteiger partial charge in [0.15, 0.2) is 0 Å². The Morgan fingerprint density at radius 1 is 1.08 bits per heavy atom. The van der Waals surface area contributed by atoms with Gasteiger partial charge in [-0.1, -0.05) is 34.1 Å². The predicted molar refractivity (Wildman–Crippen MR) is 134 cm³/mol. The number of allylic oxidation sites excluding steroid dienone is 1. The van der Waals surface area contributed by atoms with E-state index in [9.17, 15) is 22.8 Å². The van der Waals surface area contributed by atoms with E-state index in [1.165, 1.54) is 31.1 Å². The molecule has 0 spiro atoms. The van der Waals surface area contributed by atoms with Gasteiger partial charge in [0, 0.05) is 28.9 Å².